The molecule has 2 N–H and O–H groups in total. The van der Waals surface area contributed by atoms with Crippen molar-refractivity contribution >= 4 is 33.2 Å². The van der Waals surface area contributed by atoms with Crippen LogP contribution < -0.4 is 19.1 Å². The van der Waals surface area contributed by atoms with Gasteiger partial charge in [0.05, 0.1) is 43.1 Å². The maximum atomic E-state index is 15.3. The Balaban J connectivity index is 1.68. The SMILES string of the molecule is CNCc1ccc(OC)c(C2(N3CC(O)CC3c3ncco3)C(=O)N(S(=O)(=O)c3ccc(OC)cc3)c3ccc(Cl)cc32)c1. The van der Waals surface area contributed by atoms with E-state index in [4.69, 9.17) is 25.5 Å². The van der Waals surface area contributed by atoms with E-state index in [1.165, 1.54) is 57.0 Å². The molecule has 6 rings (SSSR count). The van der Waals surface area contributed by atoms with E-state index in [1.807, 2.05) is 12.1 Å². The van der Waals surface area contributed by atoms with Crippen molar-refractivity contribution in [3.05, 3.63) is 101 Å². The van der Waals surface area contributed by atoms with E-state index >= 15 is 4.79 Å². The highest BCUT2D eigenvalue weighted by Gasteiger charge is 2.63. The smallest absolute Gasteiger partial charge is 0.271 e. The Morgan fingerprint density at radius 3 is 2.52 bits per heavy atom. The number of rotatable bonds is 9. The summed E-state index contributed by atoms with van der Waals surface area (Å²) in [7, 11) is 0.294. The van der Waals surface area contributed by atoms with Crippen LogP contribution in [0.2, 0.25) is 5.02 Å². The molecule has 3 heterocycles. The zero-order valence-electron chi connectivity index (χ0n) is 24.2. The number of ether oxygens (including phenoxy) is 2. The normalized spacial score (nSPS) is 21.9. The van der Waals surface area contributed by atoms with Crippen LogP contribution in [-0.2, 0) is 26.9 Å². The largest absolute Gasteiger partial charge is 0.497 e. The summed E-state index contributed by atoms with van der Waals surface area (Å²) in [6.45, 7) is 0.462. The van der Waals surface area contributed by atoms with Gasteiger partial charge in [0.15, 0.2) is 5.54 Å². The molecule has 4 aromatic rings. The van der Waals surface area contributed by atoms with Gasteiger partial charge in [-0.15, -0.1) is 0 Å². The van der Waals surface area contributed by atoms with E-state index in [-0.39, 0.29) is 29.4 Å². The fourth-order valence-corrected chi connectivity index (χ4v) is 7.93. The van der Waals surface area contributed by atoms with E-state index in [9.17, 15) is 13.5 Å². The molecule has 1 amide bonds. The zero-order valence-corrected chi connectivity index (χ0v) is 25.8. The number of oxazole rings is 1. The van der Waals surface area contributed by atoms with Crippen molar-refractivity contribution in [2.45, 2.75) is 35.5 Å². The molecule has 0 bridgehead atoms. The molecule has 0 aliphatic carbocycles. The quantitative estimate of drug-likeness (QED) is 0.278. The number of halogens is 1. The number of methoxy groups -OCH3 is 2. The number of likely N-dealkylation sites (tertiary alicyclic amines) is 1. The van der Waals surface area contributed by atoms with Crippen molar-refractivity contribution in [2.24, 2.45) is 0 Å². The van der Waals surface area contributed by atoms with Crippen molar-refractivity contribution < 1.29 is 32.2 Å². The summed E-state index contributed by atoms with van der Waals surface area (Å²) in [5, 5.41) is 14.5. The molecular weight excluding hydrogens is 608 g/mol. The van der Waals surface area contributed by atoms with Gasteiger partial charge in [0.25, 0.3) is 15.9 Å². The Labute approximate surface area is 260 Å². The first-order valence-corrected chi connectivity index (χ1v) is 15.7. The number of sulfonamides is 1. The summed E-state index contributed by atoms with van der Waals surface area (Å²) in [6.07, 6.45) is 2.22. The van der Waals surface area contributed by atoms with E-state index in [1.54, 1.807) is 30.1 Å². The first-order valence-electron chi connectivity index (χ1n) is 13.9. The number of fused-ring (bicyclic) bond motifs is 1. The lowest BCUT2D eigenvalue weighted by atomic mass is 9.80. The van der Waals surface area contributed by atoms with Gasteiger partial charge in [-0.25, -0.2) is 17.7 Å². The van der Waals surface area contributed by atoms with Crippen LogP contribution in [0.4, 0.5) is 5.69 Å². The Hall–Kier alpha value is -3.94. The van der Waals surface area contributed by atoms with Gasteiger partial charge >= 0.3 is 0 Å². The number of hydrogen-bond donors (Lipinski definition) is 2. The molecule has 13 heteroatoms. The van der Waals surface area contributed by atoms with Crippen LogP contribution in [0.1, 0.15) is 35.0 Å². The maximum Gasteiger partial charge on any atom is 0.271 e. The fourth-order valence-electron chi connectivity index (χ4n) is 6.30. The van der Waals surface area contributed by atoms with Crippen molar-refractivity contribution in [2.75, 3.05) is 32.1 Å². The van der Waals surface area contributed by atoms with Gasteiger partial charge in [0.2, 0.25) is 5.89 Å². The zero-order chi connectivity index (χ0) is 31.2. The van der Waals surface area contributed by atoms with Crippen LogP contribution in [0.25, 0.3) is 0 Å². The van der Waals surface area contributed by atoms with E-state index in [0.717, 1.165) is 9.87 Å². The number of carbonyl (C=O) groups is 1. The van der Waals surface area contributed by atoms with Crippen LogP contribution in [-0.4, -0.2) is 63.2 Å². The van der Waals surface area contributed by atoms with Crippen LogP contribution in [0.15, 0.2) is 82.4 Å². The second-order valence-electron chi connectivity index (χ2n) is 10.6. The van der Waals surface area contributed by atoms with Crippen molar-refractivity contribution in [1.29, 1.82) is 0 Å². The second-order valence-corrected chi connectivity index (χ2v) is 12.8. The Kier molecular flexibility index (Phi) is 7.89. The van der Waals surface area contributed by atoms with Crippen molar-refractivity contribution in [1.82, 2.24) is 15.2 Å². The lowest BCUT2D eigenvalue weighted by Gasteiger charge is -2.41. The van der Waals surface area contributed by atoms with Gasteiger partial charge in [-0.1, -0.05) is 17.7 Å². The lowest BCUT2D eigenvalue weighted by Crippen LogP contribution is -2.55. The van der Waals surface area contributed by atoms with Gasteiger partial charge in [0, 0.05) is 29.2 Å². The minimum absolute atomic E-state index is 0.000569. The first kappa shape index (κ1) is 30.1. The molecule has 0 radical (unpaired) electrons. The summed E-state index contributed by atoms with van der Waals surface area (Å²) < 4.78 is 46.4. The lowest BCUT2D eigenvalue weighted by molar-refractivity contribution is -0.127. The molecule has 230 valence electrons. The number of amides is 1. The van der Waals surface area contributed by atoms with Crippen LogP contribution >= 0.6 is 11.6 Å². The van der Waals surface area contributed by atoms with Crippen molar-refractivity contribution in [3.8, 4) is 11.5 Å². The molecule has 1 fully saturated rings. The number of benzene rings is 3. The predicted octanol–water partition coefficient (Wildman–Crippen LogP) is 3.85. The molecule has 0 spiro atoms. The number of anilines is 1. The third-order valence-corrected chi connectivity index (χ3v) is 10.1. The summed E-state index contributed by atoms with van der Waals surface area (Å²) in [4.78, 5) is 21.3. The third-order valence-electron chi connectivity index (χ3n) is 8.14. The molecular formula is C31H31ClN4O7S. The number of aromatic nitrogens is 1. The summed E-state index contributed by atoms with van der Waals surface area (Å²) in [6, 6.07) is 15.2. The van der Waals surface area contributed by atoms with E-state index in [2.05, 4.69) is 10.3 Å². The van der Waals surface area contributed by atoms with Gasteiger partial charge in [-0.2, -0.15) is 0 Å². The molecule has 2 aliphatic rings. The average Bonchev–Trinajstić information content (AvgIpc) is 3.74. The topological polar surface area (TPSA) is 134 Å². The van der Waals surface area contributed by atoms with Crippen LogP contribution in [0.3, 0.4) is 0 Å². The van der Waals surface area contributed by atoms with Crippen LogP contribution in [0.5, 0.6) is 11.5 Å². The highest BCUT2D eigenvalue weighted by Crippen LogP contribution is 2.56. The Morgan fingerprint density at radius 2 is 1.86 bits per heavy atom. The highest BCUT2D eigenvalue weighted by molar-refractivity contribution is 7.93. The molecule has 11 nitrogen and oxygen atoms in total. The standard InChI is InChI=1S/C31H31ClN4O7S/c1-33-17-19-4-11-28(42-3)25(14-19)31(35-18-21(37)16-27(35)29-34-12-13-43-29)24-15-20(32)5-10-26(24)36(30(31)38)44(39,40)23-8-6-22(41-2)7-9-23/h4-15,21,27,33,37H,16-18H2,1-3H3. The first-order chi connectivity index (χ1) is 21.2. The van der Waals surface area contributed by atoms with Gasteiger partial charge in [-0.05, 0) is 73.6 Å². The highest BCUT2D eigenvalue weighted by atomic mass is 35.5. The number of β-amino-alcohol motifs (C(OH)–C–C–N with tert-alkyl or cyclic N) is 1. The number of aliphatic hydroxyl groups is 1. The second kappa shape index (κ2) is 11.5. The Bertz CT molecular complexity index is 1800. The molecule has 3 atom stereocenters. The molecule has 44 heavy (non-hydrogen) atoms. The number of carbonyl (C=O) groups excluding carboxylic acids is 1. The minimum Gasteiger partial charge on any atom is -0.497 e. The van der Waals surface area contributed by atoms with Gasteiger partial charge in [0.1, 0.15) is 17.8 Å². The minimum atomic E-state index is -4.47. The Morgan fingerprint density at radius 1 is 1.09 bits per heavy atom. The fraction of sp³-hybridized carbons (Fsp3) is 0.290. The number of aliphatic hydroxyl groups excluding tert-OH is 1. The van der Waals surface area contributed by atoms with Gasteiger partial charge in [-0.3, -0.25) is 9.69 Å². The van der Waals surface area contributed by atoms with Crippen LogP contribution in [0, 0.1) is 0 Å². The summed E-state index contributed by atoms with van der Waals surface area (Å²) in [5.74, 6) is 0.305. The van der Waals surface area contributed by atoms with E-state index in [0.29, 0.717) is 34.2 Å². The predicted molar refractivity (Wildman–Crippen MR) is 162 cm³/mol. The molecule has 3 aromatic carbocycles. The number of hydrogen-bond acceptors (Lipinski definition) is 10. The molecule has 1 saturated heterocycles. The molecule has 1 aromatic heterocycles. The summed E-state index contributed by atoms with van der Waals surface area (Å²) in [5.41, 5.74) is -0.172. The average molecular weight is 639 g/mol. The van der Waals surface area contributed by atoms with Gasteiger partial charge < -0.3 is 24.3 Å². The van der Waals surface area contributed by atoms with Crippen molar-refractivity contribution in [3.63, 3.8) is 0 Å². The monoisotopic (exact) mass is 638 g/mol. The number of nitrogens with one attached hydrogen (secondary N) is 1. The molecule has 3 unspecified atom stereocenters. The molecule has 0 saturated carbocycles. The maximum absolute atomic E-state index is 15.3. The summed E-state index contributed by atoms with van der Waals surface area (Å²) >= 11 is 6.59. The third kappa shape index (κ3) is 4.65. The molecule has 2 aliphatic heterocycles. The van der Waals surface area contributed by atoms with E-state index < -0.39 is 33.6 Å². The number of nitrogens with zero attached hydrogens (tertiary/aromatic N) is 3.